The minimum atomic E-state index is -4.52. The van der Waals surface area contributed by atoms with E-state index in [1.165, 1.54) is 68.3 Å². The molecule has 0 bridgehead atoms. The number of nitrogens with one attached hydrogen (secondary N) is 1. The SMILES string of the molecule is CCNC(=O)[C@@H](C)N(Cc1ccc(Cl)cc1Cl)C(=O)CN(c1ccc(OC)cc1)S(=O)(=O)c1ccc(C)c([N+](=O)[O-])c1. The van der Waals surface area contributed by atoms with Gasteiger partial charge in [-0.25, -0.2) is 8.42 Å². The maximum Gasteiger partial charge on any atom is 0.273 e. The maximum atomic E-state index is 14.0. The number of nitro groups is 1. The molecule has 224 valence electrons. The van der Waals surface area contributed by atoms with Crippen molar-refractivity contribution in [2.24, 2.45) is 0 Å². The quantitative estimate of drug-likeness (QED) is 0.219. The Bertz CT molecular complexity index is 1580. The highest BCUT2D eigenvalue weighted by molar-refractivity contribution is 7.92. The first-order chi connectivity index (χ1) is 19.8. The molecule has 14 heteroatoms. The van der Waals surface area contributed by atoms with Gasteiger partial charge in [0.2, 0.25) is 11.8 Å². The Kier molecular flexibility index (Phi) is 10.8. The molecule has 2 amide bonds. The molecule has 0 heterocycles. The summed E-state index contributed by atoms with van der Waals surface area (Å²) >= 11 is 12.4. The summed E-state index contributed by atoms with van der Waals surface area (Å²) in [4.78, 5) is 38.5. The molecule has 0 spiro atoms. The number of benzene rings is 3. The summed E-state index contributed by atoms with van der Waals surface area (Å²) in [5, 5.41) is 14.9. The second kappa shape index (κ2) is 13.9. The van der Waals surface area contributed by atoms with E-state index < -0.39 is 39.3 Å². The lowest BCUT2D eigenvalue weighted by atomic mass is 10.1. The van der Waals surface area contributed by atoms with Crippen molar-refractivity contribution in [1.29, 1.82) is 0 Å². The van der Waals surface area contributed by atoms with Crippen LogP contribution in [-0.4, -0.2) is 56.3 Å². The van der Waals surface area contributed by atoms with Gasteiger partial charge >= 0.3 is 0 Å². The van der Waals surface area contributed by atoms with E-state index in [4.69, 9.17) is 27.9 Å². The number of carbonyl (C=O) groups is 2. The first kappa shape index (κ1) is 32.6. The van der Waals surface area contributed by atoms with Crippen LogP contribution in [0.2, 0.25) is 10.0 Å². The predicted molar refractivity (Wildman–Crippen MR) is 161 cm³/mol. The number of hydrogen-bond acceptors (Lipinski definition) is 7. The molecular formula is C28H30Cl2N4O7S. The highest BCUT2D eigenvalue weighted by atomic mass is 35.5. The molecule has 0 radical (unpaired) electrons. The lowest BCUT2D eigenvalue weighted by Crippen LogP contribution is -2.51. The molecule has 1 N–H and O–H groups in total. The van der Waals surface area contributed by atoms with E-state index in [0.717, 1.165) is 10.4 Å². The summed E-state index contributed by atoms with van der Waals surface area (Å²) in [5.41, 5.74) is 0.467. The number of ether oxygens (including phenoxy) is 1. The minimum absolute atomic E-state index is 0.0996. The molecule has 11 nitrogen and oxygen atoms in total. The molecule has 3 rings (SSSR count). The number of likely N-dealkylation sites (N-methyl/N-ethyl adjacent to an activating group) is 1. The Morgan fingerprint density at radius 1 is 1.07 bits per heavy atom. The normalized spacial score (nSPS) is 11.9. The fourth-order valence-electron chi connectivity index (χ4n) is 4.09. The van der Waals surface area contributed by atoms with Gasteiger partial charge in [-0.05, 0) is 68.8 Å². The van der Waals surface area contributed by atoms with Crippen LogP contribution in [0.5, 0.6) is 5.75 Å². The Morgan fingerprint density at radius 3 is 2.31 bits per heavy atom. The van der Waals surface area contributed by atoms with Gasteiger partial charge in [0.1, 0.15) is 18.3 Å². The van der Waals surface area contributed by atoms with E-state index in [2.05, 4.69) is 5.32 Å². The van der Waals surface area contributed by atoms with E-state index in [0.29, 0.717) is 22.9 Å². The average molecular weight is 638 g/mol. The number of amides is 2. The number of nitrogens with zero attached hydrogens (tertiary/aromatic N) is 3. The van der Waals surface area contributed by atoms with E-state index in [1.807, 2.05) is 0 Å². The average Bonchev–Trinajstić information content (AvgIpc) is 2.95. The van der Waals surface area contributed by atoms with Crippen LogP contribution in [0.1, 0.15) is 25.0 Å². The third kappa shape index (κ3) is 7.50. The molecule has 0 unspecified atom stereocenters. The topological polar surface area (TPSA) is 139 Å². The Balaban J connectivity index is 2.11. The molecule has 0 aromatic heterocycles. The van der Waals surface area contributed by atoms with Gasteiger partial charge in [-0.2, -0.15) is 0 Å². The fraction of sp³-hybridized carbons (Fsp3) is 0.286. The fourth-order valence-corrected chi connectivity index (χ4v) is 5.99. The highest BCUT2D eigenvalue weighted by Crippen LogP contribution is 2.30. The van der Waals surface area contributed by atoms with Crippen LogP contribution in [0.3, 0.4) is 0 Å². The number of nitro benzene ring substituents is 1. The summed E-state index contributed by atoms with van der Waals surface area (Å²) in [6.07, 6.45) is 0. The lowest BCUT2D eigenvalue weighted by Gasteiger charge is -2.32. The minimum Gasteiger partial charge on any atom is -0.497 e. The number of aryl methyl sites for hydroxylation is 1. The number of sulfonamides is 1. The summed E-state index contributed by atoms with van der Waals surface area (Å²) in [5.74, 6) is -0.734. The van der Waals surface area contributed by atoms with Crippen molar-refractivity contribution >= 4 is 56.4 Å². The predicted octanol–water partition coefficient (Wildman–Crippen LogP) is 4.97. The van der Waals surface area contributed by atoms with Crippen LogP contribution in [0.25, 0.3) is 0 Å². The molecule has 0 saturated heterocycles. The Morgan fingerprint density at radius 2 is 1.74 bits per heavy atom. The highest BCUT2D eigenvalue weighted by Gasteiger charge is 2.33. The van der Waals surface area contributed by atoms with Gasteiger partial charge in [-0.15, -0.1) is 0 Å². The molecule has 0 aliphatic carbocycles. The van der Waals surface area contributed by atoms with Crippen molar-refractivity contribution in [3.8, 4) is 5.75 Å². The van der Waals surface area contributed by atoms with Crippen molar-refractivity contribution in [2.45, 2.75) is 38.3 Å². The summed E-state index contributed by atoms with van der Waals surface area (Å²) in [6.45, 7) is 4.19. The smallest absolute Gasteiger partial charge is 0.273 e. The Hall–Kier alpha value is -3.87. The van der Waals surface area contributed by atoms with E-state index in [1.54, 1.807) is 19.1 Å². The van der Waals surface area contributed by atoms with Crippen molar-refractivity contribution in [2.75, 3.05) is 24.5 Å². The van der Waals surface area contributed by atoms with Crippen molar-refractivity contribution in [3.05, 3.63) is 92.0 Å². The van der Waals surface area contributed by atoms with Crippen LogP contribution in [0, 0.1) is 17.0 Å². The van der Waals surface area contributed by atoms with Gasteiger partial charge in [-0.3, -0.25) is 24.0 Å². The van der Waals surface area contributed by atoms with Gasteiger partial charge in [0.05, 0.1) is 22.6 Å². The van der Waals surface area contributed by atoms with Gasteiger partial charge in [-0.1, -0.05) is 35.3 Å². The van der Waals surface area contributed by atoms with Crippen LogP contribution in [-0.2, 0) is 26.2 Å². The van der Waals surface area contributed by atoms with Gasteiger partial charge in [0, 0.05) is 34.8 Å². The third-order valence-corrected chi connectivity index (χ3v) is 8.84. The molecule has 42 heavy (non-hydrogen) atoms. The van der Waals surface area contributed by atoms with Crippen molar-refractivity contribution < 1.29 is 27.7 Å². The van der Waals surface area contributed by atoms with Crippen LogP contribution < -0.4 is 14.4 Å². The van der Waals surface area contributed by atoms with Crippen LogP contribution in [0.4, 0.5) is 11.4 Å². The number of hydrogen-bond donors (Lipinski definition) is 1. The van der Waals surface area contributed by atoms with Gasteiger partial charge < -0.3 is 15.0 Å². The zero-order chi connectivity index (χ0) is 31.2. The van der Waals surface area contributed by atoms with Crippen molar-refractivity contribution in [1.82, 2.24) is 10.2 Å². The third-order valence-electron chi connectivity index (χ3n) is 6.48. The van der Waals surface area contributed by atoms with E-state index >= 15 is 0 Å². The summed E-state index contributed by atoms with van der Waals surface area (Å²) < 4.78 is 34.0. The van der Waals surface area contributed by atoms with Crippen LogP contribution >= 0.6 is 23.2 Å². The Labute approximate surface area is 254 Å². The van der Waals surface area contributed by atoms with Crippen LogP contribution in [0.15, 0.2) is 65.6 Å². The van der Waals surface area contributed by atoms with Crippen molar-refractivity contribution in [3.63, 3.8) is 0 Å². The number of carbonyl (C=O) groups excluding carboxylic acids is 2. The second-order valence-electron chi connectivity index (χ2n) is 9.24. The second-order valence-corrected chi connectivity index (χ2v) is 11.9. The molecule has 1 atom stereocenters. The molecule has 3 aromatic rings. The zero-order valence-electron chi connectivity index (χ0n) is 23.3. The van der Waals surface area contributed by atoms with Gasteiger partial charge in [0.25, 0.3) is 15.7 Å². The molecule has 0 aliphatic rings. The lowest BCUT2D eigenvalue weighted by molar-refractivity contribution is -0.385. The molecule has 0 fully saturated rings. The largest absolute Gasteiger partial charge is 0.497 e. The monoisotopic (exact) mass is 636 g/mol. The van der Waals surface area contributed by atoms with E-state index in [9.17, 15) is 28.1 Å². The van der Waals surface area contributed by atoms with Gasteiger partial charge in [0.15, 0.2) is 0 Å². The molecular weight excluding hydrogens is 607 g/mol. The number of rotatable bonds is 12. The number of halogens is 2. The molecule has 3 aromatic carbocycles. The van der Waals surface area contributed by atoms with E-state index in [-0.39, 0.29) is 33.4 Å². The summed E-state index contributed by atoms with van der Waals surface area (Å²) in [7, 11) is -3.08. The number of anilines is 1. The molecule has 0 aliphatic heterocycles. The first-order valence-electron chi connectivity index (χ1n) is 12.7. The standard InChI is InChI=1S/C28H30Cl2N4O7S/c1-5-31-28(36)19(3)32(16-20-7-8-21(29)14-25(20)30)27(35)17-33(22-9-11-23(41-4)12-10-22)42(39,40)24-13-6-18(2)26(15-24)34(37)38/h6-15,19H,5,16-17H2,1-4H3,(H,31,36)/t19-/m1/s1. The zero-order valence-corrected chi connectivity index (χ0v) is 25.7. The first-order valence-corrected chi connectivity index (χ1v) is 14.9. The summed E-state index contributed by atoms with van der Waals surface area (Å²) in [6, 6.07) is 13.1. The number of methoxy groups -OCH3 is 1. The maximum absolute atomic E-state index is 14.0. The molecule has 0 saturated carbocycles.